The molecular weight excluding hydrogens is 557 g/mol. The Balaban J connectivity index is 1.34. The van der Waals surface area contributed by atoms with Crippen LogP contribution in [0.2, 0.25) is 0 Å². The Morgan fingerprint density at radius 1 is 1.02 bits per heavy atom. The minimum atomic E-state index is -0.915. The van der Waals surface area contributed by atoms with Crippen LogP contribution in [0.15, 0.2) is 66.8 Å². The number of carbonyl (C=O) groups is 1. The molecule has 0 saturated carbocycles. The maximum Gasteiger partial charge on any atom is 0.318 e. The van der Waals surface area contributed by atoms with E-state index >= 15 is 4.39 Å². The molecule has 0 radical (unpaired) electrons. The third-order valence-electron chi connectivity index (χ3n) is 7.25. The number of rotatable bonds is 5. The van der Waals surface area contributed by atoms with E-state index in [-0.39, 0.29) is 49.0 Å². The number of piperazine rings is 1. The number of ether oxygens (including phenoxy) is 1. The van der Waals surface area contributed by atoms with E-state index in [1.54, 1.807) is 42.5 Å². The summed E-state index contributed by atoms with van der Waals surface area (Å²) in [6.45, 7) is 0.964. The summed E-state index contributed by atoms with van der Waals surface area (Å²) in [7, 11) is 1.37. The van der Waals surface area contributed by atoms with Gasteiger partial charge in [0, 0.05) is 55.6 Å². The monoisotopic (exact) mass is 580 g/mol. The molecule has 43 heavy (non-hydrogen) atoms. The van der Waals surface area contributed by atoms with Crippen molar-refractivity contribution in [1.29, 1.82) is 0 Å². The predicted molar refractivity (Wildman–Crippen MR) is 157 cm³/mol. The molecule has 5 aromatic rings. The number of terminal acetylenes is 1. The number of carbonyl (C=O) groups excluding carboxylic acids is 1. The number of fused-ring (bicyclic) bond motifs is 2. The molecule has 1 aliphatic rings. The summed E-state index contributed by atoms with van der Waals surface area (Å²) in [6, 6.07) is 12.9. The average Bonchev–Trinajstić information content (AvgIpc) is 3.04. The SMILES string of the molecule is C#Cc1c(F)ccc2cccc(-c3ncc4c(N5CCN(C(=O)/C(F)=C/c6ccccn6)CC5)nc(OC)nc4c3F)c12. The van der Waals surface area contributed by atoms with Gasteiger partial charge in [-0.1, -0.05) is 36.3 Å². The highest BCUT2D eigenvalue weighted by molar-refractivity contribution is 6.02. The number of pyridine rings is 2. The molecular formula is C32H23F3N6O2. The smallest absolute Gasteiger partial charge is 0.318 e. The molecule has 0 atom stereocenters. The number of hydrogen-bond donors (Lipinski definition) is 0. The highest BCUT2D eigenvalue weighted by Crippen LogP contribution is 2.36. The molecule has 0 aliphatic carbocycles. The molecule has 0 bridgehead atoms. The van der Waals surface area contributed by atoms with Crippen LogP contribution in [0.1, 0.15) is 11.3 Å². The van der Waals surface area contributed by atoms with Crippen molar-refractivity contribution in [1.82, 2.24) is 24.8 Å². The molecule has 0 unspecified atom stereocenters. The number of amides is 1. The van der Waals surface area contributed by atoms with Crippen molar-refractivity contribution in [2.24, 2.45) is 0 Å². The van der Waals surface area contributed by atoms with E-state index in [4.69, 9.17) is 11.2 Å². The maximum absolute atomic E-state index is 16.2. The number of anilines is 1. The lowest BCUT2D eigenvalue weighted by molar-refractivity contribution is -0.128. The molecule has 2 aromatic carbocycles. The third-order valence-corrected chi connectivity index (χ3v) is 7.25. The highest BCUT2D eigenvalue weighted by Gasteiger charge is 2.28. The average molecular weight is 581 g/mol. The fourth-order valence-corrected chi connectivity index (χ4v) is 5.16. The topological polar surface area (TPSA) is 84.3 Å². The van der Waals surface area contributed by atoms with Crippen LogP contribution in [0.4, 0.5) is 19.0 Å². The highest BCUT2D eigenvalue weighted by atomic mass is 19.1. The van der Waals surface area contributed by atoms with Crippen LogP contribution < -0.4 is 9.64 Å². The normalized spacial score (nSPS) is 13.8. The molecule has 0 spiro atoms. The molecule has 1 aliphatic heterocycles. The first kappa shape index (κ1) is 27.7. The Labute approximate surface area is 244 Å². The second-order valence-corrected chi connectivity index (χ2v) is 9.71. The first-order valence-corrected chi connectivity index (χ1v) is 13.3. The number of methoxy groups -OCH3 is 1. The summed E-state index contributed by atoms with van der Waals surface area (Å²) >= 11 is 0. The molecule has 1 fully saturated rings. The Hall–Kier alpha value is -5.50. The Morgan fingerprint density at radius 2 is 1.84 bits per heavy atom. The first-order chi connectivity index (χ1) is 20.9. The fraction of sp³-hybridized carbons (Fsp3) is 0.156. The van der Waals surface area contributed by atoms with Gasteiger partial charge in [-0.25, -0.2) is 13.2 Å². The first-order valence-electron chi connectivity index (χ1n) is 13.3. The summed E-state index contributed by atoms with van der Waals surface area (Å²) in [5.74, 6) is -0.291. The minimum absolute atomic E-state index is 0.00841. The maximum atomic E-state index is 16.2. The van der Waals surface area contributed by atoms with Gasteiger partial charge in [-0.15, -0.1) is 6.42 Å². The molecule has 1 saturated heterocycles. The van der Waals surface area contributed by atoms with Crippen LogP contribution >= 0.6 is 0 Å². The van der Waals surface area contributed by atoms with E-state index in [2.05, 4.69) is 25.9 Å². The number of halogens is 3. The van der Waals surface area contributed by atoms with Crippen molar-refractivity contribution in [2.75, 3.05) is 38.2 Å². The number of nitrogens with zero attached hydrogens (tertiary/aromatic N) is 6. The van der Waals surface area contributed by atoms with E-state index in [1.807, 2.05) is 4.90 Å². The largest absolute Gasteiger partial charge is 0.467 e. The molecule has 1 amide bonds. The quantitative estimate of drug-likeness (QED) is 0.210. The van der Waals surface area contributed by atoms with Crippen molar-refractivity contribution < 1.29 is 22.7 Å². The van der Waals surface area contributed by atoms with Crippen LogP contribution in [0.25, 0.3) is 39.0 Å². The zero-order valence-corrected chi connectivity index (χ0v) is 22.9. The van der Waals surface area contributed by atoms with Gasteiger partial charge in [0.15, 0.2) is 11.6 Å². The lowest BCUT2D eigenvalue weighted by atomic mass is 9.96. The minimum Gasteiger partial charge on any atom is -0.467 e. The van der Waals surface area contributed by atoms with Crippen molar-refractivity contribution in [3.05, 3.63) is 89.6 Å². The Bertz CT molecular complexity index is 1950. The van der Waals surface area contributed by atoms with Gasteiger partial charge in [-0.3, -0.25) is 14.8 Å². The Kier molecular flexibility index (Phi) is 7.34. The lowest BCUT2D eigenvalue weighted by Crippen LogP contribution is -2.49. The predicted octanol–water partition coefficient (Wildman–Crippen LogP) is 5.17. The molecule has 6 rings (SSSR count). The standard InChI is InChI=1S/C32H23F3N6O2/c1-3-21-24(33)11-10-19-7-6-9-22(26(19)21)28-27(35)29-23(18-37-28)30(39-32(38-29)43-2)40-13-15-41(16-14-40)31(42)25(34)17-20-8-4-5-12-36-20/h1,4-12,17-18H,13-16H2,2H3/b25-17-. The zero-order chi connectivity index (χ0) is 30.1. The van der Waals surface area contributed by atoms with Gasteiger partial charge in [0.1, 0.15) is 22.8 Å². The molecule has 0 N–H and O–H groups in total. The van der Waals surface area contributed by atoms with Gasteiger partial charge in [-0.2, -0.15) is 9.97 Å². The van der Waals surface area contributed by atoms with E-state index in [0.29, 0.717) is 33.2 Å². The molecule has 4 heterocycles. The van der Waals surface area contributed by atoms with Crippen LogP contribution in [0.5, 0.6) is 6.01 Å². The van der Waals surface area contributed by atoms with Crippen molar-refractivity contribution in [2.45, 2.75) is 0 Å². The molecule has 11 heteroatoms. The second kappa shape index (κ2) is 11.4. The van der Waals surface area contributed by atoms with E-state index in [1.165, 1.54) is 30.5 Å². The van der Waals surface area contributed by atoms with Crippen LogP contribution in [-0.2, 0) is 4.79 Å². The fourth-order valence-electron chi connectivity index (χ4n) is 5.16. The van der Waals surface area contributed by atoms with Gasteiger partial charge in [0.2, 0.25) is 0 Å². The summed E-state index contributed by atoms with van der Waals surface area (Å²) in [5.41, 5.74) is 0.554. The second-order valence-electron chi connectivity index (χ2n) is 9.71. The van der Waals surface area contributed by atoms with Gasteiger partial charge in [0.25, 0.3) is 5.91 Å². The van der Waals surface area contributed by atoms with E-state index in [0.717, 1.165) is 6.08 Å². The van der Waals surface area contributed by atoms with Crippen LogP contribution in [0.3, 0.4) is 0 Å². The Morgan fingerprint density at radius 3 is 2.56 bits per heavy atom. The zero-order valence-electron chi connectivity index (χ0n) is 22.9. The summed E-state index contributed by atoms with van der Waals surface area (Å²) in [5, 5.41) is 1.31. The van der Waals surface area contributed by atoms with Gasteiger partial charge in [-0.05, 0) is 23.6 Å². The summed E-state index contributed by atoms with van der Waals surface area (Å²) < 4.78 is 50.8. The number of hydrogen-bond acceptors (Lipinski definition) is 7. The van der Waals surface area contributed by atoms with Gasteiger partial charge >= 0.3 is 6.01 Å². The van der Waals surface area contributed by atoms with Gasteiger partial charge < -0.3 is 14.5 Å². The van der Waals surface area contributed by atoms with E-state index in [9.17, 15) is 13.6 Å². The summed E-state index contributed by atoms with van der Waals surface area (Å²) in [4.78, 5) is 33.1. The molecule has 214 valence electrons. The van der Waals surface area contributed by atoms with Crippen molar-refractivity contribution in [3.8, 4) is 29.6 Å². The third kappa shape index (κ3) is 5.08. The van der Waals surface area contributed by atoms with Crippen molar-refractivity contribution >= 4 is 39.5 Å². The lowest BCUT2D eigenvalue weighted by Gasteiger charge is -2.35. The van der Waals surface area contributed by atoms with Crippen molar-refractivity contribution in [3.63, 3.8) is 0 Å². The van der Waals surface area contributed by atoms with E-state index < -0.39 is 23.4 Å². The van der Waals surface area contributed by atoms with Gasteiger partial charge in [0.05, 0.1) is 23.8 Å². The molecule has 8 nitrogen and oxygen atoms in total. The van der Waals surface area contributed by atoms with Crippen LogP contribution in [-0.4, -0.2) is 64.0 Å². The number of benzene rings is 2. The summed E-state index contributed by atoms with van der Waals surface area (Å²) in [6.07, 6.45) is 9.67. The number of aromatic nitrogens is 4. The van der Waals surface area contributed by atoms with Crippen LogP contribution in [0, 0.1) is 24.0 Å². The molecule has 3 aromatic heterocycles.